The van der Waals surface area contributed by atoms with Crippen LogP contribution in [0.3, 0.4) is 0 Å². The number of esters is 2. The smallest absolute Gasteiger partial charge is 0.338 e. The van der Waals surface area contributed by atoms with Crippen molar-refractivity contribution in [3.05, 3.63) is 142 Å². The maximum absolute atomic E-state index is 14.0. The maximum atomic E-state index is 14.0. The first-order chi connectivity index (χ1) is 28.7. The minimum atomic E-state index is -1.34. The zero-order valence-corrected chi connectivity index (χ0v) is 30.8. The lowest BCUT2D eigenvalue weighted by molar-refractivity contribution is -0.0292. The molecule has 6 aromatic carbocycles. The lowest BCUT2D eigenvalue weighted by Gasteiger charge is -2.41. The molecule has 60 heavy (non-hydrogen) atoms. The molecule has 5 atom stereocenters. The van der Waals surface area contributed by atoms with Gasteiger partial charge in [0.1, 0.15) is 17.6 Å². The molecule has 0 saturated heterocycles. The Morgan fingerprint density at radius 2 is 1.02 bits per heavy atom. The highest BCUT2D eigenvalue weighted by molar-refractivity contribution is 5.92. The maximum Gasteiger partial charge on any atom is 0.338 e. The summed E-state index contributed by atoms with van der Waals surface area (Å²) >= 11 is 0. The van der Waals surface area contributed by atoms with Gasteiger partial charge < -0.3 is 70.0 Å². The predicted molar refractivity (Wildman–Crippen MR) is 206 cm³/mol. The predicted octanol–water partition coefficient (Wildman–Crippen LogP) is 6.14. The second-order valence-corrected chi connectivity index (χ2v) is 14.2. The summed E-state index contributed by atoms with van der Waals surface area (Å²) in [5, 5.41) is 102. The number of phenols is 10. The van der Waals surface area contributed by atoms with Crippen molar-refractivity contribution in [2.75, 3.05) is 0 Å². The monoisotopic (exact) mass is 818 g/mol. The van der Waals surface area contributed by atoms with Crippen LogP contribution in [0.4, 0.5) is 0 Å². The number of hydrogen-bond donors (Lipinski definition) is 10. The molecule has 0 aromatic heterocycles. The third-order valence-electron chi connectivity index (χ3n) is 10.4. The molecule has 0 aliphatic carbocycles. The van der Waals surface area contributed by atoms with Gasteiger partial charge in [-0.1, -0.05) is 48.5 Å². The van der Waals surface area contributed by atoms with Crippen molar-refractivity contribution in [1.29, 1.82) is 0 Å². The molecule has 0 fully saturated rings. The van der Waals surface area contributed by atoms with Crippen molar-refractivity contribution in [2.24, 2.45) is 0 Å². The number of carbonyl (C=O) groups is 2. The lowest BCUT2D eigenvalue weighted by atomic mass is 9.78. The van der Waals surface area contributed by atoms with Crippen LogP contribution in [-0.2, 0) is 15.9 Å². The number of aromatic hydroxyl groups is 10. The van der Waals surface area contributed by atoms with Gasteiger partial charge in [0.05, 0.1) is 17.0 Å². The van der Waals surface area contributed by atoms with Crippen LogP contribution in [0.2, 0.25) is 0 Å². The Bertz CT molecular complexity index is 2650. The summed E-state index contributed by atoms with van der Waals surface area (Å²) in [6.07, 6.45) is -4.92. The van der Waals surface area contributed by atoms with Crippen molar-refractivity contribution in [3.63, 3.8) is 0 Å². The van der Waals surface area contributed by atoms with Gasteiger partial charge in [0.2, 0.25) is 0 Å². The highest BCUT2D eigenvalue weighted by Gasteiger charge is 2.46. The fourth-order valence-electron chi connectivity index (χ4n) is 7.48. The third-order valence-corrected chi connectivity index (χ3v) is 10.4. The highest BCUT2D eigenvalue weighted by atomic mass is 16.6. The molecule has 0 radical (unpaired) electrons. The van der Waals surface area contributed by atoms with Gasteiger partial charge in [-0.05, 0) is 60.2 Å². The Hall–Kier alpha value is -8.14. The van der Waals surface area contributed by atoms with E-state index < -0.39 is 99.8 Å². The van der Waals surface area contributed by atoms with Gasteiger partial charge in [-0.25, -0.2) is 9.59 Å². The summed E-state index contributed by atoms with van der Waals surface area (Å²) in [6.45, 7) is 0. The number of benzene rings is 6. The van der Waals surface area contributed by atoms with Crippen molar-refractivity contribution >= 4 is 11.9 Å². The van der Waals surface area contributed by atoms with E-state index in [1.807, 2.05) is 0 Å². The fourth-order valence-corrected chi connectivity index (χ4v) is 7.48. The first-order valence-corrected chi connectivity index (χ1v) is 18.2. The van der Waals surface area contributed by atoms with Gasteiger partial charge in [0, 0.05) is 28.7 Å². The van der Waals surface area contributed by atoms with Crippen molar-refractivity contribution in [1.82, 2.24) is 0 Å². The summed E-state index contributed by atoms with van der Waals surface area (Å²) in [7, 11) is 0. The van der Waals surface area contributed by atoms with E-state index in [9.17, 15) is 60.7 Å². The Labute approximate surface area is 338 Å². The van der Waals surface area contributed by atoms with Gasteiger partial charge >= 0.3 is 11.9 Å². The molecular weight excluding hydrogens is 784 g/mol. The average molecular weight is 819 g/mol. The van der Waals surface area contributed by atoms with Gasteiger partial charge in [0.25, 0.3) is 0 Å². The molecule has 0 spiro atoms. The number of ether oxygens (including phenoxy) is 4. The number of phenolic OH excluding ortho intramolecular Hbond substituents is 10. The molecule has 0 saturated carbocycles. The summed E-state index contributed by atoms with van der Waals surface area (Å²) in [4.78, 5) is 27.5. The quantitative estimate of drug-likeness (QED) is 0.0640. The number of rotatable bonds is 7. The average Bonchev–Trinajstić information content (AvgIpc) is 3.22. The Balaban J connectivity index is 1.27. The summed E-state index contributed by atoms with van der Waals surface area (Å²) in [5.74, 6) is -9.18. The second-order valence-electron chi connectivity index (χ2n) is 14.2. The van der Waals surface area contributed by atoms with Crippen LogP contribution in [0.1, 0.15) is 66.7 Å². The third kappa shape index (κ3) is 6.95. The van der Waals surface area contributed by atoms with Gasteiger partial charge in [-0.2, -0.15) is 0 Å². The van der Waals surface area contributed by atoms with Crippen LogP contribution < -0.4 is 9.47 Å². The SMILES string of the molecule is O=C(O[C@@H]1[C@@H](c2cccc3c2O[C@H](c2ccc(O)c(O)c2)[C@H](OC(=O)c2cc(O)c(O)c(O)c2)C3)c2ccccc2O[C@@H]1c1ccc(O)c(O)c1)c1cc(O)c(O)c(O)c1. The van der Waals surface area contributed by atoms with Crippen molar-refractivity contribution in [2.45, 2.75) is 36.8 Å². The van der Waals surface area contributed by atoms with Crippen LogP contribution in [-0.4, -0.2) is 75.2 Å². The second kappa shape index (κ2) is 15.0. The first kappa shape index (κ1) is 38.7. The zero-order chi connectivity index (χ0) is 42.6. The topological polar surface area (TPSA) is 273 Å². The number of hydrogen-bond acceptors (Lipinski definition) is 16. The van der Waals surface area contributed by atoms with Crippen molar-refractivity contribution in [3.8, 4) is 69.0 Å². The molecule has 0 unspecified atom stereocenters. The first-order valence-electron chi connectivity index (χ1n) is 18.2. The number of para-hydroxylation sites is 2. The number of fused-ring (bicyclic) bond motifs is 2. The van der Waals surface area contributed by atoms with Gasteiger partial charge in [-0.15, -0.1) is 0 Å². The molecule has 2 heterocycles. The minimum Gasteiger partial charge on any atom is -0.504 e. The van der Waals surface area contributed by atoms with Crippen LogP contribution in [0, 0.1) is 0 Å². The Morgan fingerprint density at radius 3 is 1.58 bits per heavy atom. The Kier molecular flexibility index (Phi) is 9.67. The van der Waals surface area contributed by atoms with Crippen LogP contribution in [0.5, 0.6) is 69.0 Å². The lowest BCUT2D eigenvalue weighted by Crippen LogP contribution is -2.40. The molecule has 0 bridgehead atoms. The van der Waals surface area contributed by atoms with Gasteiger partial charge in [0.15, 0.2) is 75.8 Å². The molecule has 0 amide bonds. The Morgan fingerprint density at radius 1 is 0.500 bits per heavy atom. The molecule has 306 valence electrons. The standard InChI is InChI=1S/C44H34O16/c45-26-10-8-20(12-28(26)47)40-35(58-43(55)22-14-30(49)37(53)31(50)15-22)18-19-4-3-6-25(39(19)59-40)36-24-5-1-2-7-34(24)57-41(21-9-11-27(46)29(48)13-21)42(36)60-44(56)23-16-32(51)38(54)33(52)17-23/h1-17,35-36,40-42,45-54H,18H2/t35-,36-,40-,41-,42-/m1/s1. The largest absolute Gasteiger partial charge is 0.504 e. The molecule has 6 aromatic rings. The van der Waals surface area contributed by atoms with E-state index >= 15 is 0 Å². The normalized spacial score (nSPS) is 19.2. The van der Waals surface area contributed by atoms with E-state index in [4.69, 9.17) is 18.9 Å². The van der Waals surface area contributed by atoms with E-state index in [-0.39, 0.29) is 34.4 Å². The zero-order valence-electron chi connectivity index (χ0n) is 30.8. The molecular formula is C44H34O16. The van der Waals surface area contributed by atoms with Crippen molar-refractivity contribution < 1.29 is 79.6 Å². The van der Waals surface area contributed by atoms with E-state index in [2.05, 4.69) is 0 Å². The van der Waals surface area contributed by atoms with Gasteiger partial charge in [-0.3, -0.25) is 0 Å². The summed E-state index contributed by atoms with van der Waals surface area (Å²) in [5.41, 5.74) is 1.27. The minimum absolute atomic E-state index is 0.0338. The molecule has 8 rings (SSSR count). The van der Waals surface area contributed by atoms with Crippen LogP contribution in [0.25, 0.3) is 0 Å². The van der Waals surface area contributed by atoms with E-state index in [0.717, 1.165) is 24.3 Å². The molecule has 16 heteroatoms. The molecule has 10 N–H and O–H groups in total. The molecule has 2 aliphatic heterocycles. The summed E-state index contributed by atoms with van der Waals surface area (Å²) < 4.78 is 25.3. The number of carbonyl (C=O) groups excluding carboxylic acids is 2. The molecule has 2 aliphatic rings. The molecule has 16 nitrogen and oxygen atoms in total. The highest BCUT2D eigenvalue weighted by Crippen LogP contribution is 2.52. The fraction of sp³-hybridized carbons (Fsp3) is 0.136. The van der Waals surface area contributed by atoms with E-state index in [1.165, 1.54) is 36.4 Å². The summed E-state index contributed by atoms with van der Waals surface area (Å²) in [6, 6.07) is 23.4. The van der Waals surface area contributed by atoms with E-state index in [1.54, 1.807) is 42.5 Å². The van der Waals surface area contributed by atoms with E-state index in [0.29, 0.717) is 22.4 Å². The van der Waals surface area contributed by atoms with Crippen LogP contribution in [0.15, 0.2) is 103 Å². The van der Waals surface area contributed by atoms with Crippen LogP contribution >= 0.6 is 0 Å².